The van der Waals surface area contributed by atoms with Crippen LogP contribution in [0.1, 0.15) is 31.8 Å². The van der Waals surface area contributed by atoms with E-state index < -0.39 is 11.6 Å². The molecule has 0 spiro atoms. The van der Waals surface area contributed by atoms with Crippen LogP contribution in [-0.4, -0.2) is 25.8 Å². The molecule has 0 heterocycles. The Morgan fingerprint density at radius 3 is 1.79 bits per heavy atom. The average Bonchev–Trinajstić information content (AvgIpc) is 2.76. The fraction of sp³-hybridized carbons (Fsp3) is 0.0833. The fourth-order valence-electron chi connectivity index (χ4n) is 2.62. The van der Waals surface area contributed by atoms with Gasteiger partial charge in [-0.1, -0.05) is 27.8 Å². The molecule has 0 amide bonds. The fourth-order valence-corrected chi connectivity index (χ4v) is 3.11. The maximum absolute atomic E-state index is 12.7. The van der Waals surface area contributed by atoms with Crippen molar-refractivity contribution in [3.05, 3.63) is 93.5 Å². The highest BCUT2D eigenvalue weighted by atomic mass is 79.9. The van der Waals surface area contributed by atoms with Gasteiger partial charge in [0.25, 0.3) is 0 Å². The molecule has 0 aromatic heterocycles. The smallest absolute Gasteiger partial charge is 0.233 e. The Morgan fingerprint density at radius 1 is 0.690 bits per heavy atom. The van der Waals surface area contributed by atoms with Crippen molar-refractivity contribution in [2.24, 2.45) is 0 Å². The van der Waals surface area contributed by atoms with Crippen LogP contribution in [-0.2, 0) is 0 Å². The zero-order valence-corrected chi connectivity index (χ0v) is 17.4. The lowest BCUT2D eigenvalue weighted by molar-refractivity contribution is 0.0817. The predicted octanol–water partition coefficient (Wildman–Crippen LogP) is 4.93. The second kappa shape index (κ2) is 9.22. The normalized spacial score (nSPS) is 9.90. The van der Waals surface area contributed by atoms with Crippen LogP contribution in [0.3, 0.4) is 0 Å². The summed E-state index contributed by atoms with van der Waals surface area (Å²) in [5.41, 5.74) is 2.02. The van der Waals surface area contributed by atoms with Gasteiger partial charge in [-0.2, -0.15) is 0 Å². The van der Waals surface area contributed by atoms with Gasteiger partial charge in [-0.3, -0.25) is 9.59 Å². The molecule has 5 heteroatoms. The van der Waals surface area contributed by atoms with Gasteiger partial charge in [0, 0.05) is 26.7 Å². The van der Waals surface area contributed by atoms with Gasteiger partial charge >= 0.3 is 0 Å². The van der Waals surface area contributed by atoms with Crippen molar-refractivity contribution >= 4 is 27.5 Å². The van der Waals surface area contributed by atoms with E-state index in [2.05, 4.69) is 27.8 Å². The van der Waals surface area contributed by atoms with Crippen LogP contribution >= 0.6 is 15.9 Å². The summed E-state index contributed by atoms with van der Waals surface area (Å²) in [6, 6.07) is 18.8. The van der Waals surface area contributed by atoms with Gasteiger partial charge in [0.1, 0.15) is 11.5 Å². The second-order valence-electron chi connectivity index (χ2n) is 6.09. The largest absolute Gasteiger partial charge is 0.497 e. The number of ketones is 2. The molecule has 0 saturated heterocycles. The molecule has 0 atom stereocenters. The van der Waals surface area contributed by atoms with Gasteiger partial charge in [0.05, 0.1) is 14.2 Å². The number of hydrogen-bond donors (Lipinski definition) is 0. The SMILES string of the molecule is COc1ccc(C#Cc2cc(Br)cc(C(=O)C(=O)c3ccc(OC)cc3)c2)cc1. The number of Topliss-reactive ketones (excluding diaryl/α,β-unsaturated/α-hetero) is 2. The van der Waals surface area contributed by atoms with Crippen LogP contribution < -0.4 is 9.47 Å². The molecule has 0 N–H and O–H groups in total. The van der Waals surface area contributed by atoms with Crippen LogP contribution in [0.5, 0.6) is 11.5 Å². The zero-order valence-electron chi connectivity index (χ0n) is 15.9. The molecule has 0 aliphatic heterocycles. The molecule has 4 nitrogen and oxygen atoms in total. The van der Waals surface area contributed by atoms with Crippen LogP contribution in [0.25, 0.3) is 0 Å². The summed E-state index contributed by atoms with van der Waals surface area (Å²) in [6.07, 6.45) is 0. The first kappa shape index (κ1) is 20.4. The minimum Gasteiger partial charge on any atom is -0.497 e. The van der Waals surface area contributed by atoms with Gasteiger partial charge in [-0.25, -0.2) is 0 Å². The molecular formula is C24H17BrO4. The maximum Gasteiger partial charge on any atom is 0.233 e. The van der Waals surface area contributed by atoms with E-state index in [1.165, 1.54) is 7.11 Å². The van der Waals surface area contributed by atoms with Gasteiger partial charge in [-0.05, 0) is 66.7 Å². The van der Waals surface area contributed by atoms with Gasteiger partial charge < -0.3 is 9.47 Å². The topological polar surface area (TPSA) is 52.6 Å². The monoisotopic (exact) mass is 448 g/mol. The van der Waals surface area contributed by atoms with Gasteiger partial charge in [0.15, 0.2) is 0 Å². The third kappa shape index (κ3) is 5.13. The van der Waals surface area contributed by atoms with Crippen molar-refractivity contribution in [1.29, 1.82) is 0 Å². The van der Waals surface area contributed by atoms with Crippen molar-refractivity contribution < 1.29 is 19.1 Å². The molecule has 3 rings (SSSR count). The van der Waals surface area contributed by atoms with E-state index in [0.29, 0.717) is 21.3 Å². The van der Waals surface area contributed by atoms with Crippen molar-refractivity contribution in [3.8, 4) is 23.3 Å². The van der Waals surface area contributed by atoms with E-state index in [0.717, 1.165) is 11.3 Å². The Hall–Kier alpha value is -3.36. The summed E-state index contributed by atoms with van der Waals surface area (Å²) in [4.78, 5) is 25.2. The molecule has 0 fully saturated rings. The summed E-state index contributed by atoms with van der Waals surface area (Å²) in [7, 11) is 3.14. The van der Waals surface area contributed by atoms with Gasteiger partial charge in [-0.15, -0.1) is 0 Å². The first-order chi connectivity index (χ1) is 14.0. The summed E-state index contributed by atoms with van der Waals surface area (Å²) in [5, 5.41) is 0. The number of methoxy groups -OCH3 is 2. The predicted molar refractivity (Wildman–Crippen MR) is 115 cm³/mol. The summed E-state index contributed by atoms with van der Waals surface area (Å²) in [5.74, 6) is 6.26. The molecule has 0 unspecified atom stereocenters. The second-order valence-corrected chi connectivity index (χ2v) is 7.01. The number of halogens is 1. The van der Waals surface area contributed by atoms with Crippen LogP contribution in [0.4, 0.5) is 0 Å². The number of ether oxygens (including phenoxy) is 2. The molecule has 0 bridgehead atoms. The van der Waals surface area contributed by atoms with Gasteiger partial charge in [0.2, 0.25) is 11.6 Å². The van der Waals surface area contributed by atoms with Crippen LogP contribution in [0.2, 0.25) is 0 Å². The van der Waals surface area contributed by atoms with E-state index in [-0.39, 0.29) is 5.56 Å². The van der Waals surface area contributed by atoms with Crippen molar-refractivity contribution in [1.82, 2.24) is 0 Å². The lowest BCUT2D eigenvalue weighted by Gasteiger charge is -2.04. The van der Waals surface area contributed by atoms with E-state index in [1.807, 2.05) is 24.3 Å². The molecule has 3 aromatic carbocycles. The van der Waals surface area contributed by atoms with E-state index in [1.54, 1.807) is 49.6 Å². The Morgan fingerprint density at radius 2 is 1.21 bits per heavy atom. The number of rotatable bonds is 5. The number of hydrogen-bond acceptors (Lipinski definition) is 4. The Bertz CT molecular complexity index is 1100. The number of carbonyl (C=O) groups is 2. The molecule has 0 radical (unpaired) electrons. The molecule has 29 heavy (non-hydrogen) atoms. The minimum absolute atomic E-state index is 0.277. The summed E-state index contributed by atoms with van der Waals surface area (Å²) in [6.45, 7) is 0. The quantitative estimate of drug-likeness (QED) is 0.315. The Labute approximate surface area is 177 Å². The van der Waals surface area contributed by atoms with Crippen molar-refractivity contribution in [3.63, 3.8) is 0 Å². The van der Waals surface area contributed by atoms with Crippen LogP contribution in [0, 0.1) is 11.8 Å². The lowest BCUT2D eigenvalue weighted by atomic mass is 10.00. The molecule has 0 saturated carbocycles. The van der Waals surface area contributed by atoms with E-state index in [9.17, 15) is 9.59 Å². The molecule has 0 aliphatic carbocycles. The highest BCUT2D eigenvalue weighted by molar-refractivity contribution is 9.10. The highest BCUT2D eigenvalue weighted by Crippen LogP contribution is 2.19. The van der Waals surface area contributed by atoms with E-state index >= 15 is 0 Å². The summed E-state index contributed by atoms with van der Waals surface area (Å²) < 4.78 is 10.9. The van der Waals surface area contributed by atoms with Crippen molar-refractivity contribution in [2.45, 2.75) is 0 Å². The molecule has 144 valence electrons. The minimum atomic E-state index is -0.594. The molecule has 3 aromatic rings. The lowest BCUT2D eigenvalue weighted by Crippen LogP contribution is -2.14. The maximum atomic E-state index is 12.7. The Kier molecular flexibility index (Phi) is 6.48. The highest BCUT2D eigenvalue weighted by Gasteiger charge is 2.19. The number of benzene rings is 3. The van der Waals surface area contributed by atoms with E-state index in [4.69, 9.17) is 9.47 Å². The zero-order chi connectivity index (χ0) is 20.8. The molecule has 0 aliphatic rings. The molecular weight excluding hydrogens is 432 g/mol. The summed E-state index contributed by atoms with van der Waals surface area (Å²) >= 11 is 3.39. The first-order valence-corrected chi connectivity index (χ1v) is 9.49. The Balaban J connectivity index is 1.85. The standard InChI is InChI=1S/C24H17BrO4/c1-28-21-9-5-16(6-10-21)3-4-17-13-19(15-20(25)14-17)24(27)23(26)18-7-11-22(29-2)12-8-18/h5-15H,1-2H3. The first-order valence-electron chi connectivity index (χ1n) is 8.70. The third-order valence-corrected chi connectivity index (χ3v) is 4.62. The third-order valence-electron chi connectivity index (χ3n) is 4.16. The van der Waals surface area contributed by atoms with Crippen LogP contribution in [0.15, 0.2) is 71.2 Å². The van der Waals surface area contributed by atoms with Crippen molar-refractivity contribution in [2.75, 3.05) is 14.2 Å². The average molecular weight is 449 g/mol. The number of carbonyl (C=O) groups excluding carboxylic acids is 2.